The van der Waals surface area contributed by atoms with E-state index in [1.54, 1.807) is 48.0 Å². The van der Waals surface area contributed by atoms with Crippen LogP contribution in [0, 0.1) is 10.1 Å². The largest absolute Gasteiger partial charge is 0.325 e. The van der Waals surface area contributed by atoms with Gasteiger partial charge in [0.15, 0.2) is 5.13 Å². The number of nitrogens with one attached hydrogen (secondary N) is 2. The summed E-state index contributed by atoms with van der Waals surface area (Å²) in [7, 11) is 0. The number of nitrogens with zero attached hydrogens (tertiary/aromatic N) is 2. The molecule has 0 unspecified atom stereocenters. The van der Waals surface area contributed by atoms with E-state index in [-0.39, 0.29) is 23.3 Å². The molecule has 3 rings (SSSR count). The Morgan fingerprint density at radius 2 is 1.79 bits per heavy atom. The van der Waals surface area contributed by atoms with E-state index in [1.807, 2.05) is 0 Å². The van der Waals surface area contributed by atoms with Crippen molar-refractivity contribution in [3.63, 3.8) is 0 Å². The Labute approximate surface area is 174 Å². The van der Waals surface area contributed by atoms with Gasteiger partial charge in [0.25, 0.3) is 11.6 Å². The fourth-order valence-corrected chi connectivity index (χ4v) is 3.64. The van der Waals surface area contributed by atoms with E-state index in [2.05, 4.69) is 15.6 Å². The van der Waals surface area contributed by atoms with E-state index in [0.717, 1.165) is 5.56 Å². The monoisotopic (exact) mass is 428 g/mol. The van der Waals surface area contributed by atoms with Crippen molar-refractivity contribution in [3.8, 4) is 0 Å². The topological polar surface area (TPSA) is 114 Å². The number of nitro benzene ring substituents is 1. The van der Waals surface area contributed by atoms with Gasteiger partial charge in [-0.3, -0.25) is 25.0 Å². The summed E-state index contributed by atoms with van der Waals surface area (Å²) in [6.07, 6.45) is 1.61. The van der Waals surface area contributed by atoms with E-state index in [1.165, 1.54) is 35.2 Å². The van der Waals surface area contributed by atoms with Gasteiger partial charge in [0.05, 0.1) is 10.7 Å². The highest BCUT2D eigenvalue weighted by Gasteiger charge is 2.09. The van der Waals surface area contributed by atoms with Gasteiger partial charge in [0.2, 0.25) is 5.91 Å². The second kappa shape index (κ2) is 9.80. The van der Waals surface area contributed by atoms with E-state index in [4.69, 9.17) is 0 Å². The number of amides is 2. The number of anilines is 2. The Balaban J connectivity index is 1.44. The van der Waals surface area contributed by atoms with E-state index in [0.29, 0.717) is 22.1 Å². The molecule has 1 heterocycles. The van der Waals surface area contributed by atoms with E-state index < -0.39 is 4.92 Å². The second-order valence-electron chi connectivity index (χ2n) is 5.83. The zero-order valence-corrected chi connectivity index (χ0v) is 16.7. The van der Waals surface area contributed by atoms with Gasteiger partial charge in [0.1, 0.15) is 0 Å². The van der Waals surface area contributed by atoms with Crippen LogP contribution in [0.2, 0.25) is 0 Å². The molecule has 0 aliphatic heterocycles. The molecule has 0 spiro atoms. The van der Waals surface area contributed by atoms with Crippen molar-refractivity contribution in [2.24, 2.45) is 0 Å². The quantitative estimate of drug-likeness (QED) is 0.411. The van der Waals surface area contributed by atoms with E-state index >= 15 is 0 Å². The standard InChI is InChI=1S/C19H16N4O4S2/c24-17(12-28-11-13-1-7-16(8-2-13)23(26)27)21-15-5-3-14(4-6-15)18(25)22-19-20-9-10-29-19/h1-10H,11-12H2,(H,21,24)(H,20,22,25). The number of aromatic nitrogens is 1. The zero-order chi connectivity index (χ0) is 20.6. The first-order valence-corrected chi connectivity index (χ1v) is 10.5. The van der Waals surface area contributed by atoms with Crippen LogP contribution in [0.1, 0.15) is 15.9 Å². The van der Waals surface area contributed by atoms with Gasteiger partial charge in [0, 0.05) is 40.7 Å². The minimum atomic E-state index is -0.446. The highest BCUT2D eigenvalue weighted by Crippen LogP contribution is 2.18. The van der Waals surface area contributed by atoms with Crippen LogP contribution in [0.25, 0.3) is 0 Å². The molecular formula is C19H16N4O4S2. The third kappa shape index (κ3) is 6.13. The first-order chi connectivity index (χ1) is 14.0. The fourth-order valence-electron chi connectivity index (χ4n) is 2.33. The lowest BCUT2D eigenvalue weighted by Gasteiger charge is -2.07. The molecule has 148 valence electrons. The summed E-state index contributed by atoms with van der Waals surface area (Å²) >= 11 is 2.74. The molecule has 29 heavy (non-hydrogen) atoms. The zero-order valence-electron chi connectivity index (χ0n) is 15.0. The van der Waals surface area contributed by atoms with Gasteiger partial charge in [-0.25, -0.2) is 4.98 Å². The molecule has 0 radical (unpaired) electrons. The average Bonchev–Trinajstić information content (AvgIpc) is 3.22. The third-order valence-corrected chi connectivity index (χ3v) is 5.42. The lowest BCUT2D eigenvalue weighted by atomic mass is 10.2. The van der Waals surface area contributed by atoms with Gasteiger partial charge < -0.3 is 5.32 Å². The minimum Gasteiger partial charge on any atom is -0.325 e. The van der Waals surface area contributed by atoms with Crippen LogP contribution >= 0.6 is 23.1 Å². The first-order valence-electron chi connectivity index (χ1n) is 8.43. The third-order valence-electron chi connectivity index (χ3n) is 3.73. The number of non-ortho nitro benzene ring substituents is 1. The van der Waals surface area contributed by atoms with Gasteiger partial charge in [-0.05, 0) is 29.8 Å². The number of hydrogen-bond donors (Lipinski definition) is 2. The molecule has 2 N–H and O–H groups in total. The second-order valence-corrected chi connectivity index (χ2v) is 7.71. The molecule has 0 aliphatic carbocycles. The molecule has 3 aromatic rings. The summed E-state index contributed by atoms with van der Waals surface area (Å²) in [6, 6.07) is 12.8. The average molecular weight is 428 g/mol. The van der Waals surface area contributed by atoms with Crippen LogP contribution in [0.4, 0.5) is 16.5 Å². The molecule has 8 nitrogen and oxygen atoms in total. The smallest absolute Gasteiger partial charge is 0.269 e. The summed E-state index contributed by atoms with van der Waals surface area (Å²) in [6.45, 7) is 0. The minimum absolute atomic E-state index is 0.0419. The number of nitro groups is 1. The molecule has 0 saturated heterocycles. The molecule has 0 atom stereocenters. The molecular weight excluding hydrogens is 412 g/mol. The lowest BCUT2D eigenvalue weighted by molar-refractivity contribution is -0.384. The molecule has 0 saturated carbocycles. The Morgan fingerprint density at radius 3 is 2.41 bits per heavy atom. The van der Waals surface area contributed by atoms with Crippen molar-refractivity contribution in [3.05, 3.63) is 81.3 Å². The summed E-state index contributed by atoms with van der Waals surface area (Å²) < 4.78 is 0. The van der Waals surface area contributed by atoms with Gasteiger partial charge in [-0.2, -0.15) is 0 Å². The maximum absolute atomic E-state index is 12.1. The van der Waals surface area contributed by atoms with Crippen molar-refractivity contribution in [2.45, 2.75) is 5.75 Å². The Kier molecular flexibility index (Phi) is 6.93. The van der Waals surface area contributed by atoms with Crippen molar-refractivity contribution in [1.82, 2.24) is 4.98 Å². The SMILES string of the molecule is O=C(CSCc1ccc([N+](=O)[O-])cc1)Nc1ccc(C(=O)Nc2nccs2)cc1. The molecule has 0 aliphatic rings. The summed E-state index contributed by atoms with van der Waals surface area (Å²) in [5, 5.41) is 18.4. The maximum Gasteiger partial charge on any atom is 0.269 e. The number of rotatable bonds is 8. The molecule has 10 heteroatoms. The van der Waals surface area contributed by atoms with Crippen molar-refractivity contribution in [1.29, 1.82) is 0 Å². The van der Waals surface area contributed by atoms with Crippen molar-refractivity contribution in [2.75, 3.05) is 16.4 Å². The Hall–Kier alpha value is -3.24. The lowest BCUT2D eigenvalue weighted by Crippen LogP contribution is -2.15. The Bertz CT molecular complexity index is 990. The summed E-state index contributed by atoms with van der Waals surface area (Å²) in [5.74, 6) is 0.373. The Morgan fingerprint density at radius 1 is 1.07 bits per heavy atom. The number of carbonyl (C=O) groups excluding carboxylic acids is 2. The van der Waals surface area contributed by atoms with E-state index in [9.17, 15) is 19.7 Å². The van der Waals surface area contributed by atoms with Crippen LogP contribution in [0.15, 0.2) is 60.1 Å². The fraction of sp³-hybridized carbons (Fsp3) is 0.105. The van der Waals surface area contributed by atoms with Crippen LogP contribution in [0.3, 0.4) is 0 Å². The molecule has 2 aromatic carbocycles. The number of thioether (sulfide) groups is 1. The van der Waals surface area contributed by atoms with Gasteiger partial charge in [-0.15, -0.1) is 23.1 Å². The molecule has 0 bridgehead atoms. The highest BCUT2D eigenvalue weighted by atomic mass is 32.2. The maximum atomic E-state index is 12.1. The van der Waals surface area contributed by atoms with Crippen molar-refractivity contribution < 1.29 is 14.5 Å². The van der Waals surface area contributed by atoms with Crippen LogP contribution in [-0.4, -0.2) is 27.5 Å². The first kappa shape index (κ1) is 20.5. The molecule has 0 fully saturated rings. The molecule has 2 amide bonds. The normalized spacial score (nSPS) is 10.3. The van der Waals surface area contributed by atoms with Crippen LogP contribution in [0.5, 0.6) is 0 Å². The van der Waals surface area contributed by atoms with Crippen molar-refractivity contribution >= 4 is 51.4 Å². The number of thiazole rings is 1. The highest BCUT2D eigenvalue weighted by molar-refractivity contribution is 7.99. The van der Waals surface area contributed by atoms with Gasteiger partial charge >= 0.3 is 0 Å². The number of hydrogen-bond acceptors (Lipinski definition) is 7. The summed E-state index contributed by atoms with van der Waals surface area (Å²) in [5.41, 5.74) is 2.01. The van der Waals surface area contributed by atoms with Crippen LogP contribution in [-0.2, 0) is 10.5 Å². The van der Waals surface area contributed by atoms with Gasteiger partial charge in [-0.1, -0.05) is 12.1 Å². The number of benzene rings is 2. The summed E-state index contributed by atoms with van der Waals surface area (Å²) in [4.78, 5) is 38.4. The van der Waals surface area contributed by atoms with Crippen LogP contribution < -0.4 is 10.6 Å². The predicted octanol–water partition coefficient (Wildman–Crippen LogP) is 4.18. The number of carbonyl (C=O) groups is 2. The predicted molar refractivity (Wildman–Crippen MR) is 114 cm³/mol. The molecule has 1 aromatic heterocycles.